The Bertz CT molecular complexity index is 130. The zero-order valence-corrected chi connectivity index (χ0v) is 9.95. The molecule has 1 saturated carbocycles. The minimum Gasteiger partial charge on any atom is -0.314 e. The summed E-state index contributed by atoms with van der Waals surface area (Å²) in [4.78, 5) is 0. The molecule has 0 aromatic rings. The van der Waals surface area contributed by atoms with Gasteiger partial charge in [-0.05, 0) is 49.7 Å². The smallest absolute Gasteiger partial charge is 0.00671 e. The maximum absolute atomic E-state index is 3.78. The summed E-state index contributed by atoms with van der Waals surface area (Å²) < 4.78 is 0. The van der Waals surface area contributed by atoms with Crippen LogP contribution in [0.1, 0.15) is 44.9 Å². The van der Waals surface area contributed by atoms with E-state index in [1.165, 1.54) is 63.0 Å². The van der Waals surface area contributed by atoms with Crippen molar-refractivity contribution >= 4 is 11.8 Å². The van der Waals surface area contributed by atoms with Gasteiger partial charge < -0.3 is 5.32 Å². The normalized spacial score (nSPS) is 26.6. The van der Waals surface area contributed by atoms with Gasteiger partial charge in [0.2, 0.25) is 0 Å². The highest BCUT2D eigenvalue weighted by molar-refractivity contribution is 7.99. The van der Waals surface area contributed by atoms with Crippen LogP contribution >= 0.6 is 11.8 Å². The van der Waals surface area contributed by atoms with E-state index in [1.54, 1.807) is 0 Å². The summed E-state index contributed by atoms with van der Waals surface area (Å²) in [6.07, 6.45) is 10.1. The first-order chi connectivity index (χ1) is 6.95. The molecule has 0 atom stereocenters. The van der Waals surface area contributed by atoms with Crippen molar-refractivity contribution in [1.82, 2.24) is 5.32 Å². The van der Waals surface area contributed by atoms with E-state index in [-0.39, 0.29) is 0 Å². The second-order valence-electron chi connectivity index (χ2n) is 4.80. The van der Waals surface area contributed by atoms with E-state index in [2.05, 4.69) is 17.1 Å². The van der Waals surface area contributed by atoms with Crippen molar-refractivity contribution in [2.24, 2.45) is 5.92 Å². The second kappa shape index (κ2) is 6.02. The summed E-state index contributed by atoms with van der Waals surface area (Å²) in [5.74, 6) is 3.78. The van der Waals surface area contributed by atoms with Crippen LogP contribution in [-0.2, 0) is 0 Å². The van der Waals surface area contributed by atoms with Gasteiger partial charge in [-0.1, -0.05) is 19.3 Å². The first-order valence-corrected chi connectivity index (χ1v) is 7.42. The monoisotopic (exact) mass is 213 g/mol. The van der Waals surface area contributed by atoms with Crippen LogP contribution in [0.15, 0.2) is 0 Å². The molecule has 0 bridgehead atoms. The van der Waals surface area contributed by atoms with Gasteiger partial charge in [0.25, 0.3) is 0 Å². The molecule has 0 spiro atoms. The third-order valence-corrected chi connectivity index (χ3v) is 4.69. The predicted octanol–water partition coefficient (Wildman–Crippen LogP) is 3.05. The molecule has 1 heterocycles. The third-order valence-electron chi connectivity index (χ3n) is 3.64. The Balaban J connectivity index is 1.60. The zero-order chi connectivity index (χ0) is 9.64. The summed E-state index contributed by atoms with van der Waals surface area (Å²) in [7, 11) is 0. The molecule has 0 amide bonds. The standard InChI is InChI=1S/C12H23NS/c1-2-4-12(5-3-1)13-10-11-6-8-14-9-7-11/h11-13H,1-10H2. The highest BCUT2D eigenvalue weighted by atomic mass is 32.2. The molecule has 1 saturated heterocycles. The Hall–Kier alpha value is 0.310. The Labute approximate surface area is 92.4 Å². The van der Waals surface area contributed by atoms with Gasteiger partial charge in [0.05, 0.1) is 0 Å². The van der Waals surface area contributed by atoms with Crippen molar-refractivity contribution in [3.63, 3.8) is 0 Å². The fourth-order valence-electron chi connectivity index (χ4n) is 2.59. The number of rotatable bonds is 3. The zero-order valence-electron chi connectivity index (χ0n) is 9.13. The maximum Gasteiger partial charge on any atom is 0.00671 e. The van der Waals surface area contributed by atoms with Crippen LogP contribution in [0.4, 0.5) is 0 Å². The molecule has 2 heteroatoms. The van der Waals surface area contributed by atoms with Crippen molar-refractivity contribution in [3.8, 4) is 0 Å². The Morgan fingerprint density at radius 2 is 1.64 bits per heavy atom. The topological polar surface area (TPSA) is 12.0 Å². The minimum absolute atomic E-state index is 0.860. The lowest BCUT2D eigenvalue weighted by atomic mass is 9.94. The number of hydrogen-bond acceptors (Lipinski definition) is 2. The lowest BCUT2D eigenvalue weighted by molar-refractivity contribution is 0.338. The third kappa shape index (κ3) is 3.47. The van der Waals surface area contributed by atoms with Crippen molar-refractivity contribution in [2.75, 3.05) is 18.1 Å². The molecular weight excluding hydrogens is 190 g/mol. The fraction of sp³-hybridized carbons (Fsp3) is 1.00. The lowest BCUT2D eigenvalue weighted by Crippen LogP contribution is -2.35. The lowest BCUT2D eigenvalue weighted by Gasteiger charge is -2.27. The van der Waals surface area contributed by atoms with Crippen LogP contribution < -0.4 is 5.32 Å². The summed E-state index contributed by atoms with van der Waals surface area (Å²) >= 11 is 2.13. The molecule has 0 aromatic heterocycles. The van der Waals surface area contributed by atoms with Gasteiger partial charge in [0.15, 0.2) is 0 Å². The molecule has 1 N–H and O–H groups in total. The summed E-state index contributed by atoms with van der Waals surface area (Å²) in [6.45, 7) is 1.30. The first-order valence-electron chi connectivity index (χ1n) is 6.26. The van der Waals surface area contributed by atoms with Gasteiger partial charge in [-0.2, -0.15) is 11.8 Å². The Morgan fingerprint density at radius 1 is 0.929 bits per heavy atom. The SMILES string of the molecule is C1CCC(NCC2CCSCC2)CC1. The summed E-state index contributed by atoms with van der Waals surface area (Å²) in [5.41, 5.74) is 0. The first kappa shape index (κ1) is 10.8. The van der Waals surface area contributed by atoms with Gasteiger partial charge in [-0.15, -0.1) is 0 Å². The van der Waals surface area contributed by atoms with Gasteiger partial charge in [-0.3, -0.25) is 0 Å². The molecule has 0 aromatic carbocycles. The molecule has 0 unspecified atom stereocenters. The van der Waals surface area contributed by atoms with E-state index in [9.17, 15) is 0 Å². The van der Waals surface area contributed by atoms with Crippen molar-refractivity contribution in [2.45, 2.75) is 51.0 Å². The highest BCUT2D eigenvalue weighted by Crippen LogP contribution is 2.23. The van der Waals surface area contributed by atoms with Crippen LogP contribution in [0.2, 0.25) is 0 Å². The van der Waals surface area contributed by atoms with E-state index < -0.39 is 0 Å². The largest absolute Gasteiger partial charge is 0.314 e. The van der Waals surface area contributed by atoms with E-state index in [0.29, 0.717) is 0 Å². The molecular formula is C12H23NS. The van der Waals surface area contributed by atoms with Crippen LogP contribution in [-0.4, -0.2) is 24.1 Å². The molecule has 1 aliphatic carbocycles. The van der Waals surface area contributed by atoms with Crippen LogP contribution in [0.3, 0.4) is 0 Å². The van der Waals surface area contributed by atoms with Crippen molar-refractivity contribution < 1.29 is 0 Å². The van der Waals surface area contributed by atoms with Gasteiger partial charge >= 0.3 is 0 Å². The molecule has 2 fully saturated rings. The number of hydrogen-bond donors (Lipinski definition) is 1. The quantitative estimate of drug-likeness (QED) is 0.773. The Kier molecular flexibility index (Phi) is 4.65. The van der Waals surface area contributed by atoms with Crippen LogP contribution in [0.25, 0.3) is 0 Å². The number of thioether (sulfide) groups is 1. The molecule has 0 radical (unpaired) electrons. The average Bonchev–Trinajstić information content (AvgIpc) is 2.29. The second-order valence-corrected chi connectivity index (χ2v) is 6.02. The molecule has 14 heavy (non-hydrogen) atoms. The van der Waals surface area contributed by atoms with Gasteiger partial charge in [0.1, 0.15) is 0 Å². The van der Waals surface area contributed by atoms with Gasteiger partial charge in [0, 0.05) is 6.04 Å². The van der Waals surface area contributed by atoms with E-state index >= 15 is 0 Å². The van der Waals surface area contributed by atoms with Crippen molar-refractivity contribution in [1.29, 1.82) is 0 Å². The average molecular weight is 213 g/mol. The highest BCUT2D eigenvalue weighted by Gasteiger charge is 2.17. The molecule has 2 rings (SSSR count). The fourth-order valence-corrected chi connectivity index (χ4v) is 3.79. The van der Waals surface area contributed by atoms with E-state index in [4.69, 9.17) is 0 Å². The summed E-state index contributed by atoms with van der Waals surface area (Å²) in [5, 5.41) is 3.78. The van der Waals surface area contributed by atoms with Crippen LogP contribution in [0.5, 0.6) is 0 Å². The molecule has 1 aliphatic heterocycles. The predicted molar refractivity (Wildman–Crippen MR) is 64.9 cm³/mol. The van der Waals surface area contributed by atoms with Gasteiger partial charge in [-0.25, -0.2) is 0 Å². The minimum atomic E-state index is 0.860. The van der Waals surface area contributed by atoms with E-state index in [0.717, 1.165) is 12.0 Å². The van der Waals surface area contributed by atoms with Crippen LogP contribution in [0, 0.1) is 5.92 Å². The Morgan fingerprint density at radius 3 is 2.36 bits per heavy atom. The summed E-state index contributed by atoms with van der Waals surface area (Å²) in [6, 6.07) is 0.860. The van der Waals surface area contributed by atoms with E-state index in [1.807, 2.05) is 0 Å². The maximum atomic E-state index is 3.78. The van der Waals surface area contributed by atoms with Crippen molar-refractivity contribution in [3.05, 3.63) is 0 Å². The molecule has 2 aliphatic rings. The molecule has 82 valence electrons. The number of nitrogens with one attached hydrogen (secondary N) is 1. The molecule has 1 nitrogen and oxygen atoms in total.